The number of rotatable bonds is 7. The summed E-state index contributed by atoms with van der Waals surface area (Å²) in [7, 11) is 3.07. The van der Waals surface area contributed by atoms with Crippen molar-refractivity contribution in [3.8, 4) is 17.6 Å². The van der Waals surface area contributed by atoms with Crippen LogP contribution < -0.4 is 14.8 Å². The van der Waals surface area contributed by atoms with Crippen molar-refractivity contribution in [1.29, 1.82) is 5.26 Å². The molecule has 0 unspecified atom stereocenters. The molecule has 1 atom stereocenters. The zero-order valence-corrected chi connectivity index (χ0v) is 16.5. The molecule has 150 valence electrons. The second-order valence-corrected chi connectivity index (χ2v) is 6.76. The number of hydrogen-bond acceptors (Lipinski definition) is 6. The molecule has 1 aromatic carbocycles. The van der Waals surface area contributed by atoms with Gasteiger partial charge in [-0.3, -0.25) is 4.79 Å². The van der Waals surface area contributed by atoms with Crippen LogP contribution in [0.4, 0.5) is 0 Å². The first-order valence-electron chi connectivity index (χ1n) is 9.27. The molecule has 1 amide bonds. The Labute approximate surface area is 165 Å². The summed E-state index contributed by atoms with van der Waals surface area (Å²) in [5.74, 6) is 0.0612. The number of ether oxygens (including phenoxy) is 3. The quantitative estimate of drug-likeness (QED) is 0.571. The summed E-state index contributed by atoms with van der Waals surface area (Å²) in [5.41, 5.74) is -0.221. The van der Waals surface area contributed by atoms with Crippen molar-refractivity contribution in [2.24, 2.45) is 0 Å². The average molecular weight is 386 g/mol. The topological polar surface area (TPSA) is 97.7 Å². The molecule has 1 aliphatic carbocycles. The second kappa shape index (κ2) is 9.79. The Kier molecular flexibility index (Phi) is 7.44. The van der Waals surface area contributed by atoms with Gasteiger partial charge < -0.3 is 19.5 Å². The highest BCUT2D eigenvalue weighted by Crippen LogP contribution is 2.28. The maximum absolute atomic E-state index is 12.4. The average Bonchev–Trinajstić information content (AvgIpc) is 2.72. The Morgan fingerprint density at radius 3 is 2.54 bits per heavy atom. The molecule has 1 N–H and O–H groups in total. The minimum Gasteiger partial charge on any atom is -0.497 e. The van der Waals surface area contributed by atoms with Gasteiger partial charge in [0.25, 0.3) is 5.91 Å². The van der Waals surface area contributed by atoms with Crippen LogP contribution in [-0.4, -0.2) is 37.7 Å². The van der Waals surface area contributed by atoms with Crippen LogP contribution in [0.2, 0.25) is 0 Å². The van der Waals surface area contributed by atoms with E-state index in [2.05, 4.69) is 11.4 Å². The summed E-state index contributed by atoms with van der Waals surface area (Å²) in [4.78, 5) is 24.5. The second-order valence-electron chi connectivity index (χ2n) is 6.76. The molecule has 0 spiro atoms. The first-order valence-corrected chi connectivity index (χ1v) is 9.27. The lowest BCUT2D eigenvalue weighted by Crippen LogP contribution is -2.52. The monoisotopic (exact) mass is 386 g/mol. The molecular weight excluding hydrogens is 360 g/mol. The number of esters is 1. The number of nitriles is 1. The lowest BCUT2D eigenvalue weighted by Gasteiger charge is -2.32. The van der Waals surface area contributed by atoms with Gasteiger partial charge in [0.15, 0.2) is 6.10 Å². The fourth-order valence-electron chi connectivity index (χ4n) is 3.15. The van der Waals surface area contributed by atoms with Gasteiger partial charge in [0, 0.05) is 11.6 Å². The van der Waals surface area contributed by atoms with E-state index in [0.29, 0.717) is 29.9 Å². The zero-order chi connectivity index (χ0) is 20.6. The van der Waals surface area contributed by atoms with Crippen LogP contribution in [0.25, 0.3) is 6.08 Å². The zero-order valence-electron chi connectivity index (χ0n) is 16.5. The van der Waals surface area contributed by atoms with E-state index in [4.69, 9.17) is 14.2 Å². The van der Waals surface area contributed by atoms with Crippen molar-refractivity contribution in [3.05, 3.63) is 29.8 Å². The number of amides is 1. The first-order chi connectivity index (χ1) is 13.4. The standard InChI is InChI=1S/C21H26N2O5/c1-15(20(25)23-21(14-22)11-5-4-6-12-21)28-19(24)10-7-16-13-17(26-2)8-9-18(16)27-3/h7-10,13,15H,4-6,11-12H2,1-3H3,(H,23,25)/b10-7+/t15-/m1/s1. The summed E-state index contributed by atoms with van der Waals surface area (Å²) >= 11 is 0. The minimum absolute atomic E-state index is 0.468. The molecule has 1 aliphatic rings. The van der Waals surface area contributed by atoms with Gasteiger partial charge in [-0.1, -0.05) is 19.3 Å². The van der Waals surface area contributed by atoms with Gasteiger partial charge in [-0.2, -0.15) is 5.26 Å². The van der Waals surface area contributed by atoms with Crippen molar-refractivity contribution in [2.45, 2.75) is 50.7 Å². The van der Waals surface area contributed by atoms with Gasteiger partial charge in [0.05, 0.1) is 20.3 Å². The molecule has 0 aromatic heterocycles. The van der Waals surface area contributed by atoms with Crippen molar-refractivity contribution in [1.82, 2.24) is 5.32 Å². The molecule has 2 rings (SSSR count). The van der Waals surface area contributed by atoms with Gasteiger partial charge >= 0.3 is 5.97 Å². The Balaban J connectivity index is 1.97. The molecule has 0 saturated heterocycles. The fraction of sp³-hybridized carbons (Fsp3) is 0.476. The van der Waals surface area contributed by atoms with Crippen LogP contribution in [0, 0.1) is 11.3 Å². The van der Waals surface area contributed by atoms with E-state index < -0.39 is 23.5 Å². The molecule has 7 heteroatoms. The van der Waals surface area contributed by atoms with E-state index in [1.807, 2.05) is 0 Å². The van der Waals surface area contributed by atoms with Crippen LogP contribution in [0.1, 0.15) is 44.6 Å². The predicted molar refractivity (Wildman–Crippen MR) is 104 cm³/mol. The maximum Gasteiger partial charge on any atom is 0.331 e. The van der Waals surface area contributed by atoms with E-state index >= 15 is 0 Å². The highest BCUT2D eigenvalue weighted by Gasteiger charge is 2.35. The smallest absolute Gasteiger partial charge is 0.331 e. The largest absolute Gasteiger partial charge is 0.497 e. The first kappa shape index (κ1) is 21.3. The number of benzene rings is 1. The molecule has 7 nitrogen and oxygen atoms in total. The number of hydrogen-bond donors (Lipinski definition) is 1. The summed E-state index contributed by atoms with van der Waals surface area (Å²) in [6.45, 7) is 1.49. The molecule has 1 fully saturated rings. The van der Waals surface area contributed by atoms with E-state index in [1.165, 1.54) is 26.2 Å². The van der Waals surface area contributed by atoms with Crippen molar-refractivity contribution < 1.29 is 23.8 Å². The third-order valence-electron chi connectivity index (χ3n) is 4.78. The third-order valence-corrected chi connectivity index (χ3v) is 4.78. The highest BCUT2D eigenvalue weighted by molar-refractivity contribution is 5.91. The Hall–Kier alpha value is -3.01. The number of nitrogens with one attached hydrogen (secondary N) is 1. The van der Waals surface area contributed by atoms with Crippen LogP contribution in [-0.2, 0) is 14.3 Å². The highest BCUT2D eigenvalue weighted by atomic mass is 16.5. The summed E-state index contributed by atoms with van der Waals surface area (Å²) < 4.78 is 15.6. The van der Waals surface area contributed by atoms with Gasteiger partial charge in [0.1, 0.15) is 17.0 Å². The van der Waals surface area contributed by atoms with E-state index in [9.17, 15) is 14.9 Å². The molecule has 1 aromatic rings. The van der Waals surface area contributed by atoms with E-state index in [1.54, 1.807) is 25.3 Å². The van der Waals surface area contributed by atoms with Crippen LogP contribution in [0.5, 0.6) is 11.5 Å². The van der Waals surface area contributed by atoms with Gasteiger partial charge in [-0.15, -0.1) is 0 Å². The van der Waals surface area contributed by atoms with E-state index in [0.717, 1.165) is 19.3 Å². The van der Waals surface area contributed by atoms with Crippen molar-refractivity contribution in [2.75, 3.05) is 14.2 Å². The molecule has 0 heterocycles. The lowest BCUT2D eigenvalue weighted by molar-refractivity contribution is -0.150. The molecule has 28 heavy (non-hydrogen) atoms. The van der Waals surface area contributed by atoms with Gasteiger partial charge in [0.2, 0.25) is 0 Å². The summed E-state index contributed by atoms with van der Waals surface area (Å²) in [6.07, 6.45) is 5.84. The number of carbonyl (C=O) groups excluding carboxylic acids is 2. The number of methoxy groups -OCH3 is 2. The number of carbonyl (C=O) groups is 2. The molecule has 1 saturated carbocycles. The maximum atomic E-state index is 12.4. The minimum atomic E-state index is -1.00. The van der Waals surface area contributed by atoms with Gasteiger partial charge in [-0.05, 0) is 44.0 Å². The molecule has 0 radical (unpaired) electrons. The fourth-order valence-corrected chi connectivity index (χ4v) is 3.15. The van der Waals surface area contributed by atoms with Crippen LogP contribution >= 0.6 is 0 Å². The SMILES string of the molecule is COc1ccc(OC)c(/C=C/C(=O)O[C@H](C)C(=O)NC2(C#N)CCCCC2)c1. The Bertz CT molecular complexity index is 775. The van der Waals surface area contributed by atoms with Crippen molar-refractivity contribution >= 4 is 18.0 Å². The molecular formula is C21H26N2O5. The molecule has 0 aliphatic heterocycles. The number of nitrogens with zero attached hydrogens (tertiary/aromatic N) is 1. The van der Waals surface area contributed by atoms with Crippen molar-refractivity contribution in [3.63, 3.8) is 0 Å². The van der Waals surface area contributed by atoms with Crippen LogP contribution in [0.3, 0.4) is 0 Å². The normalized spacial score (nSPS) is 16.6. The predicted octanol–water partition coefficient (Wildman–Crippen LogP) is 2.99. The molecule has 0 bridgehead atoms. The van der Waals surface area contributed by atoms with Crippen LogP contribution in [0.15, 0.2) is 24.3 Å². The summed E-state index contributed by atoms with van der Waals surface area (Å²) in [6, 6.07) is 7.41. The Morgan fingerprint density at radius 1 is 1.21 bits per heavy atom. The van der Waals surface area contributed by atoms with E-state index in [-0.39, 0.29) is 0 Å². The Morgan fingerprint density at radius 2 is 1.93 bits per heavy atom. The lowest BCUT2D eigenvalue weighted by atomic mass is 9.83. The third kappa shape index (κ3) is 5.49. The van der Waals surface area contributed by atoms with Gasteiger partial charge in [-0.25, -0.2) is 4.79 Å². The summed E-state index contributed by atoms with van der Waals surface area (Å²) in [5, 5.41) is 12.2.